The quantitative estimate of drug-likeness (QED) is 0.692. The van der Waals surface area contributed by atoms with Crippen LogP contribution in [-0.2, 0) is 0 Å². The third kappa shape index (κ3) is 6.05. The fourth-order valence-electron chi connectivity index (χ4n) is 2.52. The normalized spacial score (nSPS) is 25.3. The van der Waals surface area contributed by atoms with Crippen LogP contribution < -0.4 is 10.6 Å². The van der Waals surface area contributed by atoms with E-state index in [1.54, 1.807) is 0 Å². The lowest BCUT2D eigenvalue weighted by atomic mass is 9.81. The Bertz CT molecular complexity index is 211. The third-order valence-electron chi connectivity index (χ3n) is 3.70. The second-order valence-corrected chi connectivity index (χ2v) is 5.17. The first-order chi connectivity index (χ1) is 8.54. The number of rotatable bonds is 7. The van der Waals surface area contributed by atoms with Crippen molar-refractivity contribution in [3.8, 4) is 0 Å². The topological polar surface area (TPSA) is 24.1 Å². The summed E-state index contributed by atoms with van der Waals surface area (Å²) in [5.41, 5.74) is 0. The highest BCUT2D eigenvalue weighted by molar-refractivity contribution is 4.78. The van der Waals surface area contributed by atoms with Gasteiger partial charge in [-0.3, -0.25) is 0 Å². The predicted octanol–water partition coefficient (Wildman–Crippen LogP) is 2.94. The van der Waals surface area contributed by atoms with Crippen molar-refractivity contribution in [1.82, 2.24) is 10.6 Å². The van der Waals surface area contributed by atoms with Gasteiger partial charge in [-0.05, 0) is 64.2 Å². The minimum Gasteiger partial charge on any atom is -0.317 e. The van der Waals surface area contributed by atoms with Crippen LogP contribution in [0.5, 0.6) is 0 Å². The Hall–Kier alpha value is -0.290. The molecule has 1 aliphatic carbocycles. The molecule has 0 unspecified atom stereocenters. The fraction of sp³-hybridized carbons (Fsp3) is 1.00. The van der Waals surface area contributed by atoms with Crippen LogP contribution in [0, 0.1) is 11.8 Å². The van der Waals surface area contributed by atoms with Gasteiger partial charge < -0.3 is 10.6 Å². The maximum atomic E-state index is 12.5. The van der Waals surface area contributed by atoms with Crippen molar-refractivity contribution in [1.29, 1.82) is 0 Å². The van der Waals surface area contributed by atoms with Crippen molar-refractivity contribution in [3.05, 3.63) is 0 Å². The molecular weight excluding hydrogens is 241 g/mol. The zero-order valence-electron chi connectivity index (χ0n) is 11.2. The molecule has 0 heterocycles. The lowest BCUT2D eigenvalue weighted by Gasteiger charge is -2.29. The van der Waals surface area contributed by atoms with E-state index in [1.807, 2.05) is 0 Å². The largest absolute Gasteiger partial charge is 0.391 e. The highest BCUT2D eigenvalue weighted by Crippen LogP contribution is 2.39. The molecule has 0 spiro atoms. The second kappa shape index (κ2) is 8.00. The van der Waals surface area contributed by atoms with Gasteiger partial charge in [-0.1, -0.05) is 6.92 Å². The van der Waals surface area contributed by atoms with E-state index < -0.39 is 12.1 Å². The Morgan fingerprint density at radius 1 is 1.00 bits per heavy atom. The molecule has 2 N–H and O–H groups in total. The molecule has 1 saturated carbocycles. The Morgan fingerprint density at radius 2 is 1.61 bits per heavy atom. The van der Waals surface area contributed by atoms with Gasteiger partial charge in [-0.2, -0.15) is 13.2 Å². The fourth-order valence-corrected chi connectivity index (χ4v) is 2.52. The molecule has 1 aliphatic rings. The maximum Gasteiger partial charge on any atom is 0.391 e. The summed E-state index contributed by atoms with van der Waals surface area (Å²) in [6.07, 6.45) is -0.856. The number of alkyl halides is 3. The smallest absolute Gasteiger partial charge is 0.317 e. The molecule has 1 fully saturated rings. The van der Waals surface area contributed by atoms with Gasteiger partial charge in [0.15, 0.2) is 0 Å². The molecule has 5 heteroatoms. The predicted molar refractivity (Wildman–Crippen MR) is 67.5 cm³/mol. The zero-order valence-corrected chi connectivity index (χ0v) is 11.2. The lowest BCUT2D eigenvalue weighted by molar-refractivity contribution is -0.183. The summed E-state index contributed by atoms with van der Waals surface area (Å²) in [4.78, 5) is 0. The van der Waals surface area contributed by atoms with Gasteiger partial charge in [0, 0.05) is 0 Å². The summed E-state index contributed by atoms with van der Waals surface area (Å²) in [5, 5.41) is 6.59. The summed E-state index contributed by atoms with van der Waals surface area (Å²) in [7, 11) is 0. The average molecular weight is 266 g/mol. The molecule has 1 rings (SSSR count). The van der Waals surface area contributed by atoms with E-state index in [2.05, 4.69) is 17.6 Å². The van der Waals surface area contributed by atoms with Gasteiger partial charge >= 0.3 is 6.18 Å². The zero-order chi connectivity index (χ0) is 13.4. The number of hydrogen-bond acceptors (Lipinski definition) is 2. The highest BCUT2D eigenvalue weighted by atomic mass is 19.4. The standard InChI is InChI=1S/C13H25F3N2/c1-2-17-8-3-9-18-10-11-4-6-12(7-5-11)13(14,15)16/h11-12,17-18H,2-10H2,1H3. The van der Waals surface area contributed by atoms with Crippen LogP contribution in [0.2, 0.25) is 0 Å². The van der Waals surface area contributed by atoms with E-state index in [0.717, 1.165) is 32.6 Å². The maximum absolute atomic E-state index is 12.5. The molecule has 108 valence electrons. The van der Waals surface area contributed by atoms with Gasteiger partial charge in [0.2, 0.25) is 0 Å². The van der Waals surface area contributed by atoms with Crippen molar-refractivity contribution in [2.24, 2.45) is 11.8 Å². The van der Waals surface area contributed by atoms with Crippen molar-refractivity contribution >= 4 is 0 Å². The summed E-state index contributed by atoms with van der Waals surface area (Å²) in [6.45, 7) is 5.89. The van der Waals surface area contributed by atoms with E-state index in [4.69, 9.17) is 0 Å². The molecule has 0 saturated heterocycles. The van der Waals surface area contributed by atoms with Gasteiger partial charge in [0.25, 0.3) is 0 Å². The average Bonchev–Trinajstić information content (AvgIpc) is 2.33. The van der Waals surface area contributed by atoms with Crippen molar-refractivity contribution in [2.75, 3.05) is 26.2 Å². The number of hydrogen-bond donors (Lipinski definition) is 2. The summed E-state index contributed by atoms with van der Waals surface area (Å²) >= 11 is 0. The number of nitrogens with one attached hydrogen (secondary N) is 2. The summed E-state index contributed by atoms with van der Waals surface area (Å²) in [6, 6.07) is 0. The molecule has 0 aromatic carbocycles. The molecule has 0 aromatic rings. The van der Waals surface area contributed by atoms with E-state index in [1.165, 1.54) is 0 Å². The third-order valence-corrected chi connectivity index (χ3v) is 3.70. The second-order valence-electron chi connectivity index (χ2n) is 5.17. The lowest BCUT2D eigenvalue weighted by Crippen LogP contribution is -2.32. The Morgan fingerprint density at radius 3 is 2.17 bits per heavy atom. The first kappa shape index (κ1) is 15.8. The highest BCUT2D eigenvalue weighted by Gasteiger charge is 2.41. The first-order valence-electron chi connectivity index (χ1n) is 7.02. The molecule has 0 bridgehead atoms. The SMILES string of the molecule is CCNCCCNCC1CCC(C(F)(F)F)CC1. The molecule has 0 atom stereocenters. The van der Waals surface area contributed by atoms with Crippen LogP contribution in [0.4, 0.5) is 13.2 Å². The Balaban J connectivity index is 2.02. The van der Waals surface area contributed by atoms with Gasteiger partial charge in [-0.15, -0.1) is 0 Å². The van der Waals surface area contributed by atoms with Gasteiger partial charge in [0.1, 0.15) is 0 Å². The van der Waals surface area contributed by atoms with Crippen molar-refractivity contribution < 1.29 is 13.2 Å². The van der Waals surface area contributed by atoms with Crippen LogP contribution in [0.25, 0.3) is 0 Å². The van der Waals surface area contributed by atoms with E-state index in [0.29, 0.717) is 31.6 Å². The van der Waals surface area contributed by atoms with E-state index in [-0.39, 0.29) is 0 Å². The van der Waals surface area contributed by atoms with Crippen LogP contribution in [0.3, 0.4) is 0 Å². The van der Waals surface area contributed by atoms with Crippen LogP contribution in [0.1, 0.15) is 39.0 Å². The minimum atomic E-state index is -3.98. The monoisotopic (exact) mass is 266 g/mol. The molecule has 0 amide bonds. The summed E-state index contributed by atoms with van der Waals surface area (Å²) < 4.78 is 37.4. The van der Waals surface area contributed by atoms with E-state index in [9.17, 15) is 13.2 Å². The molecular formula is C13H25F3N2. The molecule has 0 aromatic heterocycles. The minimum absolute atomic E-state index is 0.313. The first-order valence-corrected chi connectivity index (χ1v) is 7.02. The van der Waals surface area contributed by atoms with Crippen LogP contribution in [0.15, 0.2) is 0 Å². The number of halogens is 3. The Labute approximate surface area is 108 Å². The van der Waals surface area contributed by atoms with Gasteiger partial charge in [0.05, 0.1) is 5.92 Å². The van der Waals surface area contributed by atoms with Crippen molar-refractivity contribution in [2.45, 2.75) is 45.2 Å². The molecule has 18 heavy (non-hydrogen) atoms. The molecule has 0 radical (unpaired) electrons. The summed E-state index contributed by atoms with van der Waals surface area (Å²) in [5.74, 6) is -0.620. The van der Waals surface area contributed by atoms with Gasteiger partial charge in [-0.25, -0.2) is 0 Å². The van der Waals surface area contributed by atoms with E-state index >= 15 is 0 Å². The van der Waals surface area contributed by atoms with Crippen LogP contribution >= 0.6 is 0 Å². The van der Waals surface area contributed by atoms with Crippen LogP contribution in [-0.4, -0.2) is 32.4 Å². The molecule has 2 nitrogen and oxygen atoms in total. The van der Waals surface area contributed by atoms with Crippen molar-refractivity contribution in [3.63, 3.8) is 0 Å². The Kier molecular flexibility index (Phi) is 7.00. The molecule has 0 aliphatic heterocycles.